The first-order valence-corrected chi connectivity index (χ1v) is 12.9. The quantitative estimate of drug-likeness (QED) is 0.387. The van der Waals surface area contributed by atoms with Gasteiger partial charge in [-0.05, 0) is 36.8 Å². The van der Waals surface area contributed by atoms with Crippen LogP contribution in [0.15, 0.2) is 47.4 Å². The topological polar surface area (TPSA) is 106 Å². The van der Waals surface area contributed by atoms with Gasteiger partial charge in [-0.2, -0.15) is 13.2 Å². The number of hydrogen-bond acceptors (Lipinski definition) is 6. The van der Waals surface area contributed by atoms with Crippen LogP contribution in [0.3, 0.4) is 0 Å². The number of ether oxygens (including phenoxy) is 2. The molecule has 0 fully saturated rings. The normalized spacial score (nSPS) is 16.6. The Morgan fingerprint density at radius 3 is 2.72 bits per heavy atom. The zero-order valence-corrected chi connectivity index (χ0v) is 20.8. The summed E-state index contributed by atoms with van der Waals surface area (Å²) in [5.74, 6) is 0.285. The molecule has 1 amide bonds. The number of hydrogen-bond donors (Lipinski definition) is 3. The molecule has 0 spiro atoms. The van der Waals surface area contributed by atoms with Crippen molar-refractivity contribution in [1.82, 2.24) is 15.4 Å². The average molecular weight is 530 g/mol. The van der Waals surface area contributed by atoms with Gasteiger partial charge in [-0.15, -0.1) is 0 Å². The van der Waals surface area contributed by atoms with E-state index in [1.165, 1.54) is 6.92 Å². The number of halogens is 3. The maximum Gasteiger partial charge on any atom is 0.416 e. The van der Waals surface area contributed by atoms with E-state index in [-0.39, 0.29) is 12.5 Å². The molecule has 0 aliphatic carbocycles. The molecule has 1 heterocycles. The second-order valence-electron chi connectivity index (χ2n) is 8.55. The molecule has 198 valence electrons. The largest absolute Gasteiger partial charge is 0.493 e. The summed E-state index contributed by atoms with van der Waals surface area (Å²) >= 11 is 0. The van der Waals surface area contributed by atoms with Crippen molar-refractivity contribution in [2.75, 3.05) is 26.9 Å². The number of rotatable bonds is 11. The van der Waals surface area contributed by atoms with Gasteiger partial charge in [0.15, 0.2) is 0 Å². The molecule has 12 heteroatoms. The van der Waals surface area contributed by atoms with Crippen LogP contribution in [0.5, 0.6) is 5.75 Å². The lowest BCUT2D eigenvalue weighted by Crippen LogP contribution is -2.39. The van der Waals surface area contributed by atoms with Gasteiger partial charge in [-0.25, -0.2) is 13.1 Å². The summed E-state index contributed by atoms with van der Waals surface area (Å²) in [4.78, 5) is 12.1. The van der Waals surface area contributed by atoms with E-state index in [1.54, 1.807) is 7.11 Å². The second kappa shape index (κ2) is 12.0. The number of benzene rings is 2. The standard InChI is InChI=1S/C24H30F3N3O5S/c1-16(30-36(32,33)19-5-3-4-18(14-19)24(25,26)27)12-23(31)29-21-8-10-35-22-13-17(6-7-20(21)22)15-28-9-11-34-2/h3-7,13-14,16,21,28,30H,8-12,15H2,1-2H3,(H,29,31)/t16-,21+/m0/s1. The number of alkyl halides is 3. The molecular weight excluding hydrogens is 499 g/mol. The molecule has 36 heavy (non-hydrogen) atoms. The lowest BCUT2D eigenvalue weighted by molar-refractivity contribution is -0.137. The molecular formula is C24H30F3N3O5S. The fourth-order valence-electron chi connectivity index (χ4n) is 3.85. The zero-order valence-electron chi connectivity index (χ0n) is 20.0. The minimum Gasteiger partial charge on any atom is -0.493 e. The van der Waals surface area contributed by atoms with E-state index in [0.29, 0.717) is 44.5 Å². The number of methoxy groups -OCH3 is 1. The minimum absolute atomic E-state index is 0.188. The molecule has 1 aliphatic rings. The first kappa shape index (κ1) is 27.9. The predicted molar refractivity (Wildman–Crippen MR) is 127 cm³/mol. The van der Waals surface area contributed by atoms with Crippen molar-refractivity contribution < 1.29 is 35.9 Å². The summed E-state index contributed by atoms with van der Waals surface area (Å²) in [7, 11) is -2.62. The molecule has 0 radical (unpaired) electrons. The van der Waals surface area contributed by atoms with Crippen molar-refractivity contribution in [3.63, 3.8) is 0 Å². The highest BCUT2D eigenvalue weighted by atomic mass is 32.2. The summed E-state index contributed by atoms with van der Waals surface area (Å²) in [5.41, 5.74) is 0.782. The summed E-state index contributed by atoms with van der Waals surface area (Å²) in [5, 5.41) is 6.16. The van der Waals surface area contributed by atoms with Crippen molar-refractivity contribution in [2.45, 2.75) is 49.5 Å². The summed E-state index contributed by atoms with van der Waals surface area (Å²) in [6.07, 6.45) is -4.31. The number of amides is 1. The Hall–Kier alpha value is -2.67. The smallest absolute Gasteiger partial charge is 0.416 e. The van der Waals surface area contributed by atoms with Crippen LogP contribution in [0, 0.1) is 0 Å². The summed E-state index contributed by atoms with van der Waals surface area (Å²) in [6, 6.07) is 8.07. The highest BCUT2D eigenvalue weighted by Crippen LogP contribution is 2.33. The average Bonchev–Trinajstić information content (AvgIpc) is 2.81. The molecule has 0 saturated heterocycles. The van der Waals surface area contributed by atoms with Gasteiger partial charge in [0.05, 0.1) is 29.7 Å². The van der Waals surface area contributed by atoms with Crippen LogP contribution in [0.4, 0.5) is 13.2 Å². The Labute approximate surface area is 208 Å². The molecule has 2 aromatic rings. The van der Waals surface area contributed by atoms with E-state index in [1.807, 2.05) is 18.2 Å². The number of sulfonamides is 1. The number of fused-ring (bicyclic) bond motifs is 1. The Morgan fingerprint density at radius 2 is 2.00 bits per heavy atom. The summed E-state index contributed by atoms with van der Waals surface area (Å²) < 4.78 is 77.0. The predicted octanol–water partition coefficient (Wildman–Crippen LogP) is 3.14. The fourth-order valence-corrected chi connectivity index (χ4v) is 5.14. The Morgan fingerprint density at radius 1 is 1.22 bits per heavy atom. The van der Waals surface area contributed by atoms with Crippen molar-refractivity contribution >= 4 is 15.9 Å². The molecule has 2 atom stereocenters. The first-order chi connectivity index (χ1) is 17.0. The molecule has 1 aliphatic heterocycles. The Balaban J connectivity index is 1.58. The van der Waals surface area contributed by atoms with Gasteiger partial charge in [0, 0.05) is 44.6 Å². The lowest BCUT2D eigenvalue weighted by atomic mass is 9.98. The van der Waals surface area contributed by atoms with Crippen molar-refractivity contribution in [3.8, 4) is 5.75 Å². The van der Waals surface area contributed by atoms with Gasteiger partial charge in [0.2, 0.25) is 15.9 Å². The van der Waals surface area contributed by atoms with Gasteiger partial charge in [-0.1, -0.05) is 18.2 Å². The van der Waals surface area contributed by atoms with E-state index in [9.17, 15) is 26.4 Å². The van der Waals surface area contributed by atoms with Crippen LogP contribution in [0.25, 0.3) is 0 Å². The minimum atomic E-state index is -4.67. The molecule has 0 saturated carbocycles. The van der Waals surface area contributed by atoms with Gasteiger partial charge >= 0.3 is 6.18 Å². The van der Waals surface area contributed by atoms with Crippen LogP contribution < -0.4 is 20.1 Å². The van der Waals surface area contributed by atoms with E-state index < -0.39 is 38.6 Å². The van der Waals surface area contributed by atoms with Gasteiger partial charge in [0.25, 0.3) is 0 Å². The molecule has 0 unspecified atom stereocenters. The van der Waals surface area contributed by atoms with E-state index in [0.717, 1.165) is 29.3 Å². The maximum absolute atomic E-state index is 12.9. The molecule has 3 N–H and O–H groups in total. The van der Waals surface area contributed by atoms with Crippen LogP contribution in [0.1, 0.15) is 42.5 Å². The zero-order chi connectivity index (χ0) is 26.3. The summed E-state index contributed by atoms with van der Waals surface area (Å²) in [6.45, 7) is 3.84. The van der Waals surface area contributed by atoms with Crippen molar-refractivity contribution in [2.24, 2.45) is 0 Å². The molecule has 3 rings (SSSR count). The van der Waals surface area contributed by atoms with Gasteiger partial charge in [-0.3, -0.25) is 4.79 Å². The van der Waals surface area contributed by atoms with Crippen LogP contribution in [0.2, 0.25) is 0 Å². The third-order valence-corrected chi connectivity index (χ3v) is 7.17. The molecule has 0 aromatic heterocycles. The van der Waals surface area contributed by atoms with Crippen LogP contribution in [-0.4, -0.2) is 47.2 Å². The number of carbonyl (C=O) groups is 1. The highest BCUT2D eigenvalue weighted by Gasteiger charge is 2.32. The van der Waals surface area contributed by atoms with E-state index in [2.05, 4.69) is 15.4 Å². The Bertz CT molecular complexity index is 1160. The first-order valence-electron chi connectivity index (χ1n) is 11.4. The SMILES string of the molecule is COCCNCc1ccc2c(c1)OCC[C@H]2NC(=O)C[C@H](C)NS(=O)(=O)c1cccc(C(F)(F)F)c1. The third-order valence-electron chi connectivity index (χ3n) is 5.58. The lowest BCUT2D eigenvalue weighted by Gasteiger charge is -2.27. The highest BCUT2D eigenvalue weighted by molar-refractivity contribution is 7.89. The van der Waals surface area contributed by atoms with Gasteiger partial charge < -0.3 is 20.1 Å². The monoisotopic (exact) mass is 529 g/mol. The van der Waals surface area contributed by atoms with Crippen LogP contribution in [-0.2, 0) is 32.3 Å². The molecule has 0 bridgehead atoms. The Kier molecular flexibility index (Phi) is 9.34. The molecule has 2 aromatic carbocycles. The number of carbonyl (C=O) groups excluding carboxylic acids is 1. The number of nitrogens with one attached hydrogen (secondary N) is 3. The van der Waals surface area contributed by atoms with E-state index in [4.69, 9.17) is 9.47 Å². The fraction of sp³-hybridized carbons (Fsp3) is 0.458. The van der Waals surface area contributed by atoms with Crippen LogP contribution >= 0.6 is 0 Å². The van der Waals surface area contributed by atoms with Crippen molar-refractivity contribution in [3.05, 3.63) is 59.2 Å². The van der Waals surface area contributed by atoms with Gasteiger partial charge in [0.1, 0.15) is 5.75 Å². The molecule has 8 nitrogen and oxygen atoms in total. The maximum atomic E-state index is 12.9. The third kappa shape index (κ3) is 7.66. The van der Waals surface area contributed by atoms with Crippen molar-refractivity contribution in [1.29, 1.82) is 0 Å². The van der Waals surface area contributed by atoms with E-state index >= 15 is 0 Å². The second-order valence-corrected chi connectivity index (χ2v) is 10.3.